The van der Waals surface area contributed by atoms with Gasteiger partial charge in [-0.25, -0.2) is 9.59 Å². The van der Waals surface area contributed by atoms with Gasteiger partial charge in [0, 0.05) is 26.2 Å². The van der Waals surface area contributed by atoms with E-state index in [9.17, 15) is 14.4 Å². The summed E-state index contributed by atoms with van der Waals surface area (Å²) in [6.07, 6.45) is -1.01. The van der Waals surface area contributed by atoms with Crippen LogP contribution in [-0.4, -0.2) is 45.3 Å². The minimum atomic E-state index is -0.536. The highest BCUT2D eigenvalue weighted by Gasteiger charge is 2.05. The van der Waals surface area contributed by atoms with Crippen LogP contribution in [0.5, 0.6) is 17.2 Å². The normalized spacial score (nSPS) is 9.03. The van der Waals surface area contributed by atoms with Gasteiger partial charge in [-0.2, -0.15) is 0 Å². The Kier molecular flexibility index (Phi) is 13.3. The molecule has 9 heteroatoms. The van der Waals surface area contributed by atoms with Crippen molar-refractivity contribution in [1.29, 1.82) is 0 Å². The van der Waals surface area contributed by atoms with Crippen LogP contribution in [0, 0.1) is 0 Å². The molecular formula is C22H31N3O6. The minimum Gasteiger partial charge on any atom is -0.494 e. The first kappa shape index (κ1) is 27.2. The summed E-state index contributed by atoms with van der Waals surface area (Å²) in [5.41, 5.74) is 0.533. The molecule has 9 nitrogen and oxygen atoms in total. The lowest BCUT2D eigenvalue weighted by molar-refractivity contribution is 0.0955. The Bertz CT molecular complexity index is 807. The zero-order valence-corrected chi connectivity index (χ0v) is 17.5. The van der Waals surface area contributed by atoms with Gasteiger partial charge in [-0.1, -0.05) is 7.43 Å². The number of carbonyl (C=O) groups is 3. The first-order valence-corrected chi connectivity index (χ1v) is 9.33. The Morgan fingerprint density at radius 2 is 1.16 bits per heavy atom. The van der Waals surface area contributed by atoms with Crippen molar-refractivity contribution in [2.45, 2.75) is 21.3 Å². The Hall–Kier alpha value is -3.75. The molecule has 0 heterocycles. The average Bonchev–Trinajstić information content (AvgIpc) is 2.76. The summed E-state index contributed by atoms with van der Waals surface area (Å²) in [7, 11) is 2.99. The third-order valence-electron chi connectivity index (χ3n) is 3.42. The first-order valence-electron chi connectivity index (χ1n) is 9.33. The van der Waals surface area contributed by atoms with Crippen LogP contribution in [0.4, 0.5) is 9.59 Å². The summed E-state index contributed by atoms with van der Waals surface area (Å²) in [6.45, 7) is 4.96. The highest BCUT2D eigenvalue weighted by atomic mass is 16.6. The SMILES string of the molecule is C.CCNC(=O)c1ccc(OC(=O)NC)cc1.CCOc1ccc(OC(=O)NC)cc1. The first-order chi connectivity index (χ1) is 14.4. The van der Waals surface area contributed by atoms with Crippen molar-refractivity contribution < 1.29 is 28.6 Å². The van der Waals surface area contributed by atoms with Crippen molar-refractivity contribution in [2.24, 2.45) is 0 Å². The van der Waals surface area contributed by atoms with Crippen LogP contribution in [0.3, 0.4) is 0 Å². The molecule has 0 spiro atoms. The number of hydrogen-bond donors (Lipinski definition) is 3. The molecule has 0 bridgehead atoms. The quantitative estimate of drug-likeness (QED) is 0.641. The lowest BCUT2D eigenvalue weighted by Crippen LogP contribution is -2.23. The van der Waals surface area contributed by atoms with E-state index < -0.39 is 12.2 Å². The monoisotopic (exact) mass is 433 g/mol. The number of hydrogen-bond acceptors (Lipinski definition) is 6. The molecule has 0 radical (unpaired) electrons. The molecule has 0 aliphatic carbocycles. The van der Waals surface area contributed by atoms with Crippen molar-refractivity contribution >= 4 is 18.1 Å². The fraction of sp³-hybridized carbons (Fsp3) is 0.318. The van der Waals surface area contributed by atoms with Crippen LogP contribution in [0.2, 0.25) is 0 Å². The summed E-state index contributed by atoms with van der Waals surface area (Å²) in [5, 5.41) is 7.37. The molecule has 0 aromatic heterocycles. The van der Waals surface area contributed by atoms with Crippen molar-refractivity contribution in [1.82, 2.24) is 16.0 Å². The van der Waals surface area contributed by atoms with Gasteiger partial charge in [0.15, 0.2) is 0 Å². The van der Waals surface area contributed by atoms with E-state index in [1.165, 1.54) is 14.1 Å². The van der Waals surface area contributed by atoms with E-state index in [0.29, 0.717) is 30.2 Å². The van der Waals surface area contributed by atoms with Crippen molar-refractivity contribution in [3.8, 4) is 17.2 Å². The summed E-state index contributed by atoms with van der Waals surface area (Å²) >= 11 is 0. The minimum absolute atomic E-state index is 0. The smallest absolute Gasteiger partial charge is 0.412 e. The Morgan fingerprint density at radius 1 is 0.742 bits per heavy atom. The van der Waals surface area contributed by atoms with Gasteiger partial charge in [-0.15, -0.1) is 0 Å². The number of nitrogens with one attached hydrogen (secondary N) is 3. The van der Waals surface area contributed by atoms with Crippen LogP contribution < -0.4 is 30.2 Å². The summed E-state index contributed by atoms with van der Waals surface area (Å²) in [6, 6.07) is 13.2. The predicted octanol–water partition coefficient (Wildman–Crippen LogP) is 3.59. The fourth-order valence-corrected chi connectivity index (χ4v) is 2.02. The largest absolute Gasteiger partial charge is 0.494 e. The molecule has 0 unspecified atom stereocenters. The summed E-state index contributed by atoms with van der Waals surface area (Å²) in [4.78, 5) is 33.1. The third kappa shape index (κ3) is 10.6. The molecule has 3 amide bonds. The second kappa shape index (κ2) is 15.1. The van der Waals surface area contributed by atoms with Crippen molar-refractivity contribution in [2.75, 3.05) is 27.2 Å². The van der Waals surface area contributed by atoms with Gasteiger partial charge in [0.25, 0.3) is 5.91 Å². The van der Waals surface area contributed by atoms with Crippen LogP contribution in [0.25, 0.3) is 0 Å². The van der Waals surface area contributed by atoms with E-state index in [-0.39, 0.29) is 13.3 Å². The van der Waals surface area contributed by atoms with E-state index in [1.807, 2.05) is 13.8 Å². The summed E-state index contributed by atoms with van der Waals surface area (Å²) in [5.74, 6) is 1.51. The van der Waals surface area contributed by atoms with E-state index in [2.05, 4.69) is 16.0 Å². The fourth-order valence-electron chi connectivity index (χ4n) is 2.02. The van der Waals surface area contributed by atoms with Crippen LogP contribution >= 0.6 is 0 Å². The lowest BCUT2D eigenvalue weighted by Gasteiger charge is -2.05. The van der Waals surface area contributed by atoms with Gasteiger partial charge in [0.1, 0.15) is 17.2 Å². The molecule has 0 aliphatic heterocycles. The molecule has 2 aromatic rings. The van der Waals surface area contributed by atoms with Gasteiger partial charge in [-0.3, -0.25) is 4.79 Å². The summed E-state index contributed by atoms with van der Waals surface area (Å²) < 4.78 is 15.0. The zero-order chi connectivity index (χ0) is 22.4. The molecule has 0 aliphatic rings. The molecular weight excluding hydrogens is 402 g/mol. The molecule has 0 saturated heterocycles. The Labute approximate surface area is 183 Å². The number of rotatable bonds is 6. The van der Waals surface area contributed by atoms with E-state index in [4.69, 9.17) is 14.2 Å². The van der Waals surface area contributed by atoms with Gasteiger partial charge in [-0.05, 0) is 62.4 Å². The van der Waals surface area contributed by atoms with E-state index >= 15 is 0 Å². The number of ether oxygens (including phenoxy) is 3. The second-order valence-electron chi connectivity index (χ2n) is 5.57. The van der Waals surface area contributed by atoms with Gasteiger partial charge < -0.3 is 30.2 Å². The maximum atomic E-state index is 11.4. The van der Waals surface area contributed by atoms with Crippen molar-refractivity contribution in [3.05, 3.63) is 54.1 Å². The molecule has 170 valence electrons. The Balaban J connectivity index is 0.000000567. The lowest BCUT2D eigenvalue weighted by atomic mass is 10.2. The standard InChI is InChI=1S/C11H14N2O3.C10H13NO3.CH4/c1-3-13-10(14)8-4-6-9(7-5-8)16-11(15)12-2;1-3-13-8-4-6-9(7-5-8)14-10(12)11-2;/h4-7H,3H2,1-2H3,(H,12,15)(H,13,14);4-7H,3H2,1-2H3,(H,11,12);1H4. The Morgan fingerprint density at radius 3 is 1.55 bits per heavy atom. The predicted molar refractivity (Wildman–Crippen MR) is 119 cm³/mol. The topological polar surface area (TPSA) is 115 Å². The number of benzene rings is 2. The van der Waals surface area contributed by atoms with Crippen LogP contribution in [0.15, 0.2) is 48.5 Å². The highest BCUT2D eigenvalue weighted by Crippen LogP contribution is 2.17. The third-order valence-corrected chi connectivity index (χ3v) is 3.42. The second-order valence-corrected chi connectivity index (χ2v) is 5.57. The highest BCUT2D eigenvalue weighted by molar-refractivity contribution is 5.94. The van der Waals surface area contributed by atoms with Gasteiger partial charge in [0.05, 0.1) is 6.61 Å². The molecule has 3 N–H and O–H groups in total. The van der Waals surface area contributed by atoms with Gasteiger partial charge in [0.2, 0.25) is 0 Å². The maximum absolute atomic E-state index is 11.4. The van der Waals surface area contributed by atoms with Crippen molar-refractivity contribution in [3.63, 3.8) is 0 Å². The van der Waals surface area contributed by atoms with E-state index in [0.717, 1.165) is 5.75 Å². The number of amides is 3. The zero-order valence-electron chi connectivity index (χ0n) is 17.5. The van der Waals surface area contributed by atoms with E-state index in [1.54, 1.807) is 48.5 Å². The maximum Gasteiger partial charge on any atom is 0.412 e. The molecule has 0 saturated carbocycles. The molecule has 0 atom stereocenters. The average molecular weight is 434 g/mol. The molecule has 0 fully saturated rings. The van der Waals surface area contributed by atoms with Gasteiger partial charge >= 0.3 is 12.2 Å². The molecule has 31 heavy (non-hydrogen) atoms. The molecule has 2 aromatic carbocycles. The molecule has 2 rings (SSSR count). The van der Waals surface area contributed by atoms with Crippen LogP contribution in [-0.2, 0) is 0 Å². The number of carbonyl (C=O) groups excluding carboxylic acids is 3. The van der Waals surface area contributed by atoms with Crippen LogP contribution in [0.1, 0.15) is 31.6 Å².